The Morgan fingerprint density at radius 1 is 0.907 bits per heavy atom. The molecule has 3 saturated heterocycles. The third kappa shape index (κ3) is 5.52. The molecule has 230 valence electrons. The van der Waals surface area contributed by atoms with E-state index in [-0.39, 0.29) is 6.23 Å². The van der Waals surface area contributed by atoms with Gasteiger partial charge in [0.05, 0.1) is 36.4 Å². The van der Waals surface area contributed by atoms with Gasteiger partial charge in [0.25, 0.3) is 0 Å². The molecule has 6 heterocycles. The van der Waals surface area contributed by atoms with Crippen molar-refractivity contribution < 1.29 is 14.6 Å². The topological polar surface area (TPSA) is 107 Å². The van der Waals surface area contributed by atoms with Crippen molar-refractivity contribution in [2.45, 2.75) is 77.7 Å². The van der Waals surface area contributed by atoms with E-state index in [1.807, 2.05) is 32.0 Å². The van der Waals surface area contributed by atoms with Crippen molar-refractivity contribution in [2.75, 3.05) is 50.9 Å². The first-order chi connectivity index (χ1) is 20.9. The number of para-hydroxylation sites is 2. The van der Waals surface area contributed by atoms with Gasteiger partial charge in [-0.25, -0.2) is 9.97 Å². The molecule has 3 aliphatic rings. The fourth-order valence-electron chi connectivity index (χ4n) is 6.96. The molecule has 1 aromatic carbocycles. The van der Waals surface area contributed by atoms with Gasteiger partial charge < -0.3 is 19.5 Å². The quantitative estimate of drug-likeness (QED) is 0.339. The molecule has 0 radical (unpaired) electrons. The Kier molecular flexibility index (Phi) is 7.83. The summed E-state index contributed by atoms with van der Waals surface area (Å²) in [5.41, 5.74) is 2.93. The van der Waals surface area contributed by atoms with Crippen molar-refractivity contribution in [3.05, 3.63) is 35.9 Å². The fraction of sp³-hybridized carbons (Fsp3) is 0.625. The zero-order valence-corrected chi connectivity index (χ0v) is 25.7. The molecule has 3 fully saturated rings. The van der Waals surface area contributed by atoms with E-state index in [0.29, 0.717) is 31.6 Å². The van der Waals surface area contributed by atoms with Crippen molar-refractivity contribution in [2.24, 2.45) is 5.92 Å². The number of piperidine rings is 1. The highest BCUT2D eigenvalue weighted by atomic mass is 16.5. The number of aryl methyl sites for hydroxylation is 1. The average molecular weight is 589 g/mol. The lowest BCUT2D eigenvalue weighted by Gasteiger charge is -2.37. The van der Waals surface area contributed by atoms with Gasteiger partial charge in [-0.2, -0.15) is 9.97 Å². The van der Waals surface area contributed by atoms with Crippen LogP contribution in [0.25, 0.3) is 28.1 Å². The zero-order valence-electron chi connectivity index (χ0n) is 25.7. The second-order valence-electron chi connectivity index (χ2n) is 12.7. The van der Waals surface area contributed by atoms with Crippen LogP contribution in [0.2, 0.25) is 0 Å². The van der Waals surface area contributed by atoms with Crippen LogP contribution in [0.15, 0.2) is 24.3 Å². The first kappa shape index (κ1) is 28.6. The van der Waals surface area contributed by atoms with Crippen molar-refractivity contribution in [1.29, 1.82) is 0 Å². The van der Waals surface area contributed by atoms with Crippen LogP contribution in [0.1, 0.15) is 70.8 Å². The second-order valence-corrected chi connectivity index (χ2v) is 12.7. The first-order valence-corrected chi connectivity index (χ1v) is 16.1. The minimum absolute atomic E-state index is 0.117. The van der Waals surface area contributed by atoms with E-state index >= 15 is 0 Å². The molecular weight excluding hydrogens is 544 g/mol. The molecule has 1 atom stereocenters. The molecular formula is C32H44N8O3. The standard InChI is InChI=1S/C32H44N8O3/c1-4-25-33-23-9-5-6-10-24(23)39(25)31-35-29(38-16-19-42-20-17-38)28-30(36-31)40(27-11-7-8-18-43-27)26(34-28)21-37-14-12-22(13-15-37)32(2,3)41/h5-6,9-10,22,27,41H,4,7-8,11-21H2,1-3H3. The summed E-state index contributed by atoms with van der Waals surface area (Å²) >= 11 is 0. The lowest BCUT2D eigenvalue weighted by molar-refractivity contribution is -0.0339. The van der Waals surface area contributed by atoms with Crippen LogP contribution < -0.4 is 4.90 Å². The molecule has 0 spiro atoms. The molecule has 4 aromatic rings. The Bertz CT molecular complexity index is 1570. The van der Waals surface area contributed by atoms with Gasteiger partial charge >= 0.3 is 0 Å². The summed E-state index contributed by atoms with van der Waals surface area (Å²) < 4.78 is 16.5. The van der Waals surface area contributed by atoms with Crippen LogP contribution in [-0.4, -0.2) is 90.7 Å². The molecule has 0 bridgehead atoms. The number of aliphatic hydroxyl groups is 1. The van der Waals surface area contributed by atoms with Gasteiger partial charge in [-0.1, -0.05) is 19.1 Å². The minimum Gasteiger partial charge on any atom is -0.390 e. The van der Waals surface area contributed by atoms with Crippen LogP contribution in [0.3, 0.4) is 0 Å². The Labute approximate surface area is 252 Å². The fourth-order valence-corrected chi connectivity index (χ4v) is 6.96. The zero-order chi connectivity index (χ0) is 29.6. The molecule has 3 aliphatic heterocycles. The molecule has 1 N–H and O–H groups in total. The largest absolute Gasteiger partial charge is 0.390 e. The van der Waals surface area contributed by atoms with E-state index in [0.717, 1.165) is 111 Å². The second kappa shape index (κ2) is 11.8. The number of hydrogen-bond acceptors (Lipinski definition) is 9. The Morgan fingerprint density at radius 2 is 1.70 bits per heavy atom. The number of likely N-dealkylation sites (tertiary alicyclic amines) is 1. The number of aromatic nitrogens is 6. The average Bonchev–Trinajstić information content (AvgIpc) is 3.59. The summed E-state index contributed by atoms with van der Waals surface area (Å²) in [6.07, 6.45) is 5.71. The third-order valence-corrected chi connectivity index (χ3v) is 9.43. The van der Waals surface area contributed by atoms with Gasteiger partial charge in [0.2, 0.25) is 5.95 Å². The minimum atomic E-state index is -0.650. The number of hydrogen-bond donors (Lipinski definition) is 1. The van der Waals surface area contributed by atoms with Crippen LogP contribution in [0, 0.1) is 5.92 Å². The van der Waals surface area contributed by atoms with E-state index in [4.69, 9.17) is 29.4 Å². The maximum Gasteiger partial charge on any atom is 0.239 e. The number of nitrogens with zero attached hydrogens (tertiary/aromatic N) is 8. The number of ether oxygens (including phenoxy) is 2. The molecule has 7 rings (SSSR count). The maximum atomic E-state index is 10.6. The van der Waals surface area contributed by atoms with Crippen molar-refractivity contribution in [1.82, 2.24) is 34.0 Å². The van der Waals surface area contributed by atoms with Gasteiger partial charge in [0.15, 0.2) is 17.0 Å². The van der Waals surface area contributed by atoms with Crippen molar-refractivity contribution in [3.8, 4) is 5.95 Å². The van der Waals surface area contributed by atoms with Gasteiger partial charge in [0.1, 0.15) is 17.9 Å². The molecule has 1 unspecified atom stereocenters. The van der Waals surface area contributed by atoms with Crippen LogP contribution in [0.5, 0.6) is 0 Å². The number of fused-ring (bicyclic) bond motifs is 2. The third-order valence-electron chi connectivity index (χ3n) is 9.43. The molecule has 0 amide bonds. The molecule has 0 saturated carbocycles. The summed E-state index contributed by atoms with van der Waals surface area (Å²) in [6.45, 7) is 12.1. The highest BCUT2D eigenvalue weighted by Crippen LogP contribution is 2.35. The molecule has 0 aliphatic carbocycles. The number of anilines is 1. The lowest BCUT2D eigenvalue weighted by Crippen LogP contribution is -2.42. The van der Waals surface area contributed by atoms with Crippen LogP contribution in [-0.2, 0) is 22.4 Å². The Morgan fingerprint density at radius 3 is 2.42 bits per heavy atom. The number of rotatable bonds is 7. The van der Waals surface area contributed by atoms with Crippen molar-refractivity contribution >= 4 is 28.0 Å². The van der Waals surface area contributed by atoms with E-state index in [9.17, 15) is 5.11 Å². The lowest BCUT2D eigenvalue weighted by atomic mass is 9.83. The van der Waals surface area contributed by atoms with Crippen molar-refractivity contribution in [3.63, 3.8) is 0 Å². The summed E-state index contributed by atoms with van der Waals surface area (Å²) in [5, 5.41) is 10.6. The molecule has 43 heavy (non-hydrogen) atoms. The summed E-state index contributed by atoms with van der Waals surface area (Å²) in [7, 11) is 0. The SMILES string of the molecule is CCc1nc2ccccc2n1-c1nc(N2CCOCC2)c2nc(CN3CCC(C(C)(C)O)CC3)n(C3CCCCO3)c2n1. The van der Waals surface area contributed by atoms with E-state index in [1.54, 1.807) is 0 Å². The highest BCUT2D eigenvalue weighted by Gasteiger charge is 2.33. The maximum absolute atomic E-state index is 10.6. The predicted octanol–water partition coefficient (Wildman–Crippen LogP) is 4.25. The summed E-state index contributed by atoms with van der Waals surface area (Å²) in [5.74, 6) is 3.68. The molecule has 11 nitrogen and oxygen atoms in total. The van der Waals surface area contributed by atoms with E-state index < -0.39 is 5.60 Å². The normalized spacial score (nSPS) is 21.3. The number of benzene rings is 1. The van der Waals surface area contributed by atoms with Gasteiger partial charge in [-0.3, -0.25) is 14.0 Å². The molecule has 3 aromatic heterocycles. The van der Waals surface area contributed by atoms with Gasteiger partial charge in [-0.05, 0) is 77.1 Å². The summed E-state index contributed by atoms with van der Waals surface area (Å²) in [4.78, 5) is 25.5. The number of morpholine rings is 1. The monoisotopic (exact) mass is 588 g/mol. The van der Waals surface area contributed by atoms with Gasteiger partial charge in [-0.15, -0.1) is 0 Å². The van der Waals surface area contributed by atoms with Crippen LogP contribution >= 0.6 is 0 Å². The molecule has 11 heteroatoms. The first-order valence-electron chi connectivity index (χ1n) is 16.1. The Hall–Kier alpha value is -3.12. The highest BCUT2D eigenvalue weighted by molar-refractivity contribution is 5.86. The van der Waals surface area contributed by atoms with Crippen LogP contribution in [0.4, 0.5) is 5.82 Å². The smallest absolute Gasteiger partial charge is 0.239 e. The summed E-state index contributed by atoms with van der Waals surface area (Å²) in [6, 6.07) is 8.20. The Balaban J connectivity index is 1.37. The number of imidazole rings is 2. The van der Waals surface area contributed by atoms with E-state index in [2.05, 4.69) is 31.9 Å². The predicted molar refractivity (Wildman–Crippen MR) is 165 cm³/mol. The van der Waals surface area contributed by atoms with Gasteiger partial charge in [0, 0.05) is 26.1 Å². The van der Waals surface area contributed by atoms with E-state index in [1.165, 1.54) is 0 Å².